The summed E-state index contributed by atoms with van der Waals surface area (Å²) in [6.07, 6.45) is 10.4. The molecule has 0 aliphatic carbocycles. The van der Waals surface area contributed by atoms with E-state index in [2.05, 4.69) is 22.9 Å². The van der Waals surface area contributed by atoms with Gasteiger partial charge in [0, 0.05) is 22.9 Å². The lowest BCUT2D eigenvalue weighted by Gasteiger charge is -2.07. The minimum absolute atomic E-state index is 0.239. The smallest absolute Gasteiger partial charge is 0.148 e. The molecule has 3 heteroatoms. The first-order chi connectivity index (χ1) is 10.8. The van der Waals surface area contributed by atoms with Gasteiger partial charge in [-0.25, -0.2) is 4.98 Å². The van der Waals surface area contributed by atoms with Gasteiger partial charge >= 0.3 is 0 Å². The van der Waals surface area contributed by atoms with Crippen molar-refractivity contribution in [2.45, 2.75) is 0 Å². The van der Waals surface area contributed by atoms with Gasteiger partial charge in [-0.05, 0) is 30.3 Å². The topological polar surface area (TPSA) is 31.4 Å². The van der Waals surface area contributed by atoms with Crippen LogP contribution in [0.25, 0.3) is 21.8 Å². The van der Waals surface area contributed by atoms with E-state index in [0.29, 0.717) is 11.5 Å². The summed E-state index contributed by atoms with van der Waals surface area (Å²) in [6, 6.07) is 13.5. The number of terminal acetylenes is 2. The molecule has 3 rings (SSSR count). The monoisotopic (exact) mass is 287 g/mol. The Balaban J connectivity index is 2.04. The Morgan fingerprint density at radius 3 is 1.73 bits per heavy atom. The van der Waals surface area contributed by atoms with E-state index in [9.17, 15) is 0 Å². The highest BCUT2D eigenvalue weighted by Crippen LogP contribution is 2.26. The molecule has 0 radical (unpaired) electrons. The minimum Gasteiger partial charge on any atom is -0.481 e. The zero-order chi connectivity index (χ0) is 15.4. The fraction of sp³-hybridized carbons (Fsp3) is 0.105. The third-order valence-corrected chi connectivity index (χ3v) is 3.20. The molecule has 0 atom stereocenters. The first-order valence-corrected chi connectivity index (χ1v) is 6.77. The van der Waals surface area contributed by atoms with Crippen molar-refractivity contribution in [1.82, 2.24) is 4.98 Å². The van der Waals surface area contributed by atoms with Crippen LogP contribution in [-0.2, 0) is 0 Å². The summed E-state index contributed by atoms with van der Waals surface area (Å²) in [5, 5.41) is 2.08. The summed E-state index contributed by atoms with van der Waals surface area (Å²) in [5.74, 6) is 6.30. The summed E-state index contributed by atoms with van der Waals surface area (Å²) in [7, 11) is 0. The molecule has 0 aliphatic heterocycles. The van der Waals surface area contributed by atoms with Gasteiger partial charge in [-0.2, -0.15) is 0 Å². The second kappa shape index (κ2) is 6.08. The molecule has 2 aromatic carbocycles. The molecule has 0 bridgehead atoms. The molecule has 3 aromatic rings. The molecule has 1 aromatic heterocycles. The lowest BCUT2D eigenvalue weighted by atomic mass is 10.1. The van der Waals surface area contributed by atoms with Crippen LogP contribution in [0.1, 0.15) is 0 Å². The molecule has 0 fully saturated rings. The van der Waals surface area contributed by atoms with E-state index < -0.39 is 0 Å². The van der Waals surface area contributed by atoms with Gasteiger partial charge in [0.25, 0.3) is 0 Å². The van der Waals surface area contributed by atoms with Gasteiger partial charge in [0.2, 0.25) is 0 Å². The summed E-state index contributed by atoms with van der Waals surface area (Å²) in [4.78, 5) is 4.65. The second-order valence-electron chi connectivity index (χ2n) is 4.68. The van der Waals surface area contributed by atoms with E-state index in [1.165, 1.54) is 0 Å². The van der Waals surface area contributed by atoms with Crippen LogP contribution in [-0.4, -0.2) is 18.2 Å². The molecule has 3 nitrogen and oxygen atoms in total. The third-order valence-electron chi connectivity index (χ3n) is 3.20. The molecule has 1 heterocycles. The molecular formula is C19H13NO2. The molecule has 0 spiro atoms. The Morgan fingerprint density at radius 2 is 1.27 bits per heavy atom. The Kier molecular flexibility index (Phi) is 3.81. The van der Waals surface area contributed by atoms with Gasteiger partial charge in [-0.1, -0.05) is 11.8 Å². The van der Waals surface area contributed by atoms with E-state index in [1.54, 1.807) is 0 Å². The molecule has 106 valence electrons. The highest BCUT2D eigenvalue weighted by molar-refractivity contribution is 5.93. The summed E-state index contributed by atoms with van der Waals surface area (Å²) in [5.41, 5.74) is 1.69. The predicted octanol–water partition coefficient (Wildman–Crippen LogP) is 3.41. The van der Waals surface area contributed by atoms with Crippen molar-refractivity contribution in [3.63, 3.8) is 0 Å². The van der Waals surface area contributed by atoms with Gasteiger partial charge < -0.3 is 9.47 Å². The number of rotatable bonds is 4. The number of aromatic nitrogens is 1. The molecule has 0 unspecified atom stereocenters. The first-order valence-electron chi connectivity index (χ1n) is 6.77. The van der Waals surface area contributed by atoms with E-state index in [4.69, 9.17) is 22.3 Å². The van der Waals surface area contributed by atoms with Gasteiger partial charge in [0.05, 0.1) is 11.0 Å². The van der Waals surface area contributed by atoms with Crippen LogP contribution in [0.5, 0.6) is 11.5 Å². The van der Waals surface area contributed by atoms with Crippen molar-refractivity contribution < 1.29 is 9.47 Å². The molecule has 0 amide bonds. The number of hydrogen-bond donors (Lipinski definition) is 0. The molecule has 0 saturated carbocycles. The van der Waals surface area contributed by atoms with Gasteiger partial charge in [-0.3, -0.25) is 0 Å². The maximum Gasteiger partial charge on any atom is 0.148 e. The number of fused-ring (bicyclic) bond motifs is 2. The molecule has 0 saturated heterocycles. The van der Waals surface area contributed by atoms with Gasteiger partial charge in [0.15, 0.2) is 0 Å². The zero-order valence-corrected chi connectivity index (χ0v) is 11.9. The molecule has 0 N–H and O–H groups in total. The molecular weight excluding hydrogens is 274 g/mol. The fourth-order valence-electron chi connectivity index (χ4n) is 2.21. The summed E-state index contributed by atoms with van der Waals surface area (Å²) < 4.78 is 10.9. The highest BCUT2D eigenvalue weighted by atomic mass is 16.5. The van der Waals surface area contributed by atoms with Crippen LogP contribution in [0.3, 0.4) is 0 Å². The highest BCUT2D eigenvalue weighted by Gasteiger charge is 2.03. The maximum absolute atomic E-state index is 5.43. The van der Waals surface area contributed by atoms with E-state index in [0.717, 1.165) is 21.8 Å². The van der Waals surface area contributed by atoms with E-state index in [1.807, 2.05) is 36.4 Å². The van der Waals surface area contributed by atoms with Gasteiger partial charge in [0.1, 0.15) is 24.7 Å². The predicted molar refractivity (Wildman–Crippen MR) is 87.9 cm³/mol. The van der Waals surface area contributed by atoms with E-state index in [-0.39, 0.29) is 13.2 Å². The SMILES string of the molecule is C#CCOc1ccc2cc3ccc(OCC#C)cc3nc2c1. The minimum atomic E-state index is 0.239. The number of pyridine rings is 1. The molecule has 22 heavy (non-hydrogen) atoms. The first kappa shape index (κ1) is 13.8. The average Bonchev–Trinajstić information content (AvgIpc) is 2.56. The average molecular weight is 287 g/mol. The maximum atomic E-state index is 5.43. The van der Waals surface area contributed by atoms with Crippen molar-refractivity contribution in [2.24, 2.45) is 0 Å². The lowest BCUT2D eigenvalue weighted by molar-refractivity contribution is 0.371. The van der Waals surface area contributed by atoms with Crippen LogP contribution >= 0.6 is 0 Å². The number of benzene rings is 2. The van der Waals surface area contributed by atoms with Crippen LogP contribution in [0, 0.1) is 24.7 Å². The fourth-order valence-corrected chi connectivity index (χ4v) is 2.21. The van der Waals surface area contributed by atoms with Crippen molar-refractivity contribution >= 4 is 21.8 Å². The Morgan fingerprint density at radius 1 is 0.773 bits per heavy atom. The van der Waals surface area contributed by atoms with Crippen molar-refractivity contribution in [3.05, 3.63) is 42.5 Å². The Hall–Kier alpha value is -3.17. The van der Waals surface area contributed by atoms with Crippen molar-refractivity contribution in [1.29, 1.82) is 0 Å². The lowest BCUT2D eigenvalue weighted by Crippen LogP contribution is -1.94. The van der Waals surface area contributed by atoms with Crippen LogP contribution < -0.4 is 9.47 Å². The standard InChI is InChI=1S/C19H13NO2/c1-3-9-21-16-7-5-14-11-15-6-8-17(22-10-4-2)13-19(15)20-18(14)12-16/h1-2,5-8,11-13H,9-10H2. The normalized spacial score (nSPS) is 10.1. The third kappa shape index (κ3) is 2.80. The Bertz CT molecular complexity index is 843. The van der Waals surface area contributed by atoms with Gasteiger partial charge in [-0.15, -0.1) is 12.8 Å². The van der Waals surface area contributed by atoms with Crippen LogP contribution in [0.2, 0.25) is 0 Å². The largest absolute Gasteiger partial charge is 0.481 e. The van der Waals surface area contributed by atoms with E-state index >= 15 is 0 Å². The Labute approximate surface area is 128 Å². The second-order valence-corrected chi connectivity index (χ2v) is 4.68. The number of nitrogens with zero attached hydrogens (tertiary/aromatic N) is 1. The summed E-state index contributed by atoms with van der Waals surface area (Å²) >= 11 is 0. The molecule has 0 aliphatic rings. The summed E-state index contributed by atoms with van der Waals surface area (Å²) in [6.45, 7) is 0.479. The quantitative estimate of drug-likeness (QED) is 0.544. The zero-order valence-electron chi connectivity index (χ0n) is 11.9. The van der Waals surface area contributed by atoms with Crippen molar-refractivity contribution in [3.8, 4) is 36.2 Å². The van der Waals surface area contributed by atoms with Crippen LogP contribution in [0.4, 0.5) is 0 Å². The van der Waals surface area contributed by atoms with Crippen LogP contribution in [0.15, 0.2) is 42.5 Å². The number of hydrogen-bond acceptors (Lipinski definition) is 3. The van der Waals surface area contributed by atoms with Crippen molar-refractivity contribution in [2.75, 3.05) is 13.2 Å². The number of ether oxygens (including phenoxy) is 2.